The monoisotopic (exact) mass is 779 g/mol. The highest BCUT2D eigenvalue weighted by Gasteiger charge is 2.38. The number of hydrogen-bond donors (Lipinski definition) is 11. The summed E-state index contributed by atoms with van der Waals surface area (Å²) in [5, 5.41) is 11.7. The van der Waals surface area contributed by atoms with Gasteiger partial charge in [0.25, 0.3) is 5.92 Å². The Labute approximate surface area is 314 Å². The van der Waals surface area contributed by atoms with E-state index in [0.717, 1.165) is 19.9 Å². The van der Waals surface area contributed by atoms with Crippen LogP contribution in [0.3, 0.4) is 0 Å². The quantitative estimate of drug-likeness (QED) is 0.0406. The molecule has 3 amide bonds. The highest BCUT2D eigenvalue weighted by molar-refractivity contribution is 7.99. The number of hydrogen-bond acceptors (Lipinski definition) is 10. The van der Waals surface area contributed by atoms with Crippen molar-refractivity contribution in [1.82, 2.24) is 16.9 Å². The third-order valence-electron chi connectivity index (χ3n) is 8.30. The lowest BCUT2D eigenvalue weighted by Crippen LogP contribution is -2.46. The van der Waals surface area contributed by atoms with Crippen molar-refractivity contribution in [2.45, 2.75) is 94.3 Å². The highest BCUT2D eigenvalue weighted by atomic mass is 32.2. The SMILES string of the molecule is CC(F)(F)c1cc(NC(=O)CCCCNN)c(SCCN)c(NC(=O)Nc2cccc(OC3CC(NCCCN)CC(C(C)(C)F)C3)c2)c1.N.O.[OH].[OH]. The van der Waals surface area contributed by atoms with E-state index >= 15 is 4.39 Å². The lowest BCUT2D eigenvalue weighted by Gasteiger charge is -2.39. The van der Waals surface area contributed by atoms with Crippen LogP contribution in [0.4, 0.5) is 35.0 Å². The fourth-order valence-corrected chi connectivity index (χ4v) is 6.59. The van der Waals surface area contributed by atoms with E-state index in [9.17, 15) is 18.4 Å². The minimum atomic E-state index is -3.25. The number of nitrogens with two attached hydrogens (primary N) is 3. The van der Waals surface area contributed by atoms with Crippen molar-refractivity contribution in [3.05, 3.63) is 42.0 Å². The van der Waals surface area contributed by atoms with Gasteiger partial charge in [-0.1, -0.05) is 6.07 Å². The highest BCUT2D eigenvalue weighted by Crippen LogP contribution is 2.41. The van der Waals surface area contributed by atoms with Crippen molar-refractivity contribution in [3.8, 4) is 5.75 Å². The first-order chi connectivity index (χ1) is 23.2. The fraction of sp³-hybridized carbons (Fsp3) is 0.588. The van der Waals surface area contributed by atoms with E-state index in [0.29, 0.717) is 67.3 Å². The van der Waals surface area contributed by atoms with Gasteiger partial charge in [0.2, 0.25) is 5.91 Å². The van der Waals surface area contributed by atoms with Crippen LogP contribution in [0.2, 0.25) is 0 Å². The predicted octanol–water partition coefficient (Wildman–Crippen LogP) is 4.65. The molecule has 0 aliphatic heterocycles. The Kier molecular flexibility index (Phi) is 24.4. The molecule has 0 heterocycles. The molecule has 1 fully saturated rings. The van der Waals surface area contributed by atoms with Crippen LogP contribution in [0.5, 0.6) is 5.75 Å². The van der Waals surface area contributed by atoms with Crippen molar-refractivity contribution in [3.63, 3.8) is 0 Å². The van der Waals surface area contributed by atoms with Gasteiger partial charge in [0.05, 0.1) is 16.3 Å². The van der Waals surface area contributed by atoms with Crippen LogP contribution in [0.1, 0.15) is 71.3 Å². The Morgan fingerprint density at radius 2 is 1.58 bits per heavy atom. The second kappa shape index (κ2) is 25.0. The van der Waals surface area contributed by atoms with E-state index in [1.807, 2.05) is 0 Å². The van der Waals surface area contributed by atoms with Crippen LogP contribution < -0.4 is 54.9 Å². The molecule has 15 nitrogen and oxygen atoms in total. The number of carbonyl (C=O) groups is 2. The molecule has 3 atom stereocenters. The number of halogens is 3. The number of ether oxygens (including phenoxy) is 1. The second-order valence-electron chi connectivity index (χ2n) is 13.0. The maximum atomic E-state index is 15.1. The number of nitrogens with one attached hydrogen (secondary N) is 5. The van der Waals surface area contributed by atoms with Crippen molar-refractivity contribution in [2.24, 2.45) is 23.2 Å². The van der Waals surface area contributed by atoms with Gasteiger partial charge in [-0.15, -0.1) is 11.8 Å². The first kappa shape index (κ1) is 51.9. The van der Waals surface area contributed by atoms with Crippen molar-refractivity contribution in [2.75, 3.05) is 47.9 Å². The molecule has 2 radical (unpaired) electrons. The summed E-state index contributed by atoms with van der Waals surface area (Å²) in [6, 6.07) is 8.64. The lowest BCUT2D eigenvalue weighted by atomic mass is 9.76. The van der Waals surface area contributed by atoms with E-state index in [-0.39, 0.29) is 76.5 Å². The summed E-state index contributed by atoms with van der Waals surface area (Å²) >= 11 is 1.23. The Balaban J connectivity index is 0. The molecule has 3 unspecified atom stereocenters. The molecule has 3 rings (SSSR count). The number of alkyl halides is 3. The number of hydrazine groups is 1. The van der Waals surface area contributed by atoms with Crippen LogP contribution in [-0.2, 0) is 10.7 Å². The topological polar surface area (TPSA) is 308 Å². The normalized spacial score (nSPS) is 16.8. The largest absolute Gasteiger partial charge is 0.490 e. The van der Waals surface area contributed by atoms with Gasteiger partial charge in [0.1, 0.15) is 17.5 Å². The molecule has 0 saturated heterocycles. The van der Waals surface area contributed by atoms with Crippen LogP contribution in [-0.4, -0.2) is 78.1 Å². The van der Waals surface area contributed by atoms with E-state index in [1.54, 1.807) is 38.1 Å². The number of rotatable bonds is 19. The number of thioether (sulfide) groups is 1. The van der Waals surface area contributed by atoms with Gasteiger partial charge < -0.3 is 49.1 Å². The molecular formula is C34H60F3N9O6S. The Bertz CT molecular complexity index is 1370. The van der Waals surface area contributed by atoms with Crippen LogP contribution >= 0.6 is 11.8 Å². The fourth-order valence-electron chi connectivity index (χ4n) is 5.73. The van der Waals surface area contributed by atoms with Crippen LogP contribution in [0.15, 0.2) is 41.3 Å². The van der Waals surface area contributed by atoms with E-state index in [4.69, 9.17) is 22.0 Å². The van der Waals surface area contributed by atoms with Crippen LogP contribution in [0, 0.1) is 5.92 Å². The average molecular weight is 780 g/mol. The summed E-state index contributed by atoms with van der Waals surface area (Å²) in [7, 11) is 0. The summed E-state index contributed by atoms with van der Waals surface area (Å²) < 4.78 is 50.6. The summed E-state index contributed by atoms with van der Waals surface area (Å²) in [6.07, 6.45) is 3.88. The Morgan fingerprint density at radius 3 is 2.19 bits per heavy atom. The Morgan fingerprint density at radius 1 is 0.906 bits per heavy atom. The number of amides is 3. The minimum Gasteiger partial charge on any atom is -0.490 e. The predicted molar refractivity (Wildman–Crippen MR) is 204 cm³/mol. The molecule has 2 aromatic rings. The van der Waals surface area contributed by atoms with Gasteiger partial charge in [-0.2, -0.15) is 0 Å². The smallest absolute Gasteiger partial charge is 0.323 e. The summed E-state index contributed by atoms with van der Waals surface area (Å²) in [6.45, 7) is 6.07. The molecule has 0 bridgehead atoms. The number of carbonyl (C=O) groups excluding carboxylic acids is 2. The maximum absolute atomic E-state index is 15.1. The molecule has 18 N–H and O–H groups in total. The first-order valence-electron chi connectivity index (χ1n) is 16.8. The lowest BCUT2D eigenvalue weighted by molar-refractivity contribution is -0.116. The second-order valence-corrected chi connectivity index (χ2v) is 14.1. The van der Waals surface area contributed by atoms with Crippen molar-refractivity contribution < 1.29 is 43.9 Å². The van der Waals surface area contributed by atoms with Crippen molar-refractivity contribution in [1.29, 1.82) is 0 Å². The number of benzene rings is 2. The molecule has 1 aliphatic rings. The van der Waals surface area contributed by atoms with Gasteiger partial charge in [0, 0.05) is 55.5 Å². The number of urea groups is 1. The zero-order chi connectivity index (χ0) is 36.0. The number of anilines is 3. The molecule has 0 spiro atoms. The Hall–Kier alpha value is -3.24. The molecule has 1 saturated carbocycles. The van der Waals surface area contributed by atoms with Gasteiger partial charge in [-0.25, -0.2) is 18.0 Å². The maximum Gasteiger partial charge on any atom is 0.323 e. The summed E-state index contributed by atoms with van der Waals surface area (Å²) in [5.74, 6) is 2.39. The molecule has 19 heteroatoms. The number of unbranched alkanes of at least 4 members (excludes halogenated alkanes) is 1. The van der Waals surface area contributed by atoms with Gasteiger partial charge >= 0.3 is 6.03 Å². The first-order valence-corrected chi connectivity index (χ1v) is 17.8. The molecule has 304 valence electrons. The van der Waals surface area contributed by atoms with Gasteiger partial charge in [-0.05, 0) is 95.6 Å². The summed E-state index contributed by atoms with van der Waals surface area (Å²) in [4.78, 5) is 26.4. The zero-order valence-electron chi connectivity index (χ0n) is 30.8. The average Bonchev–Trinajstić information content (AvgIpc) is 3.02. The van der Waals surface area contributed by atoms with E-state index < -0.39 is 17.6 Å². The van der Waals surface area contributed by atoms with Crippen LogP contribution in [0.25, 0.3) is 0 Å². The molecule has 53 heavy (non-hydrogen) atoms. The molecule has 0 aromatic heterocycles. The standard InChI is InChI=1S/C34H53F3N8O3S.H3N.H2O.2HO/c1-33(2,35)22-16-25(41-13-7-11-38)21-27(17-22)48-26-9-6-8-24(20-26)43-32(47)45-29-19-23(34(3,36)37)18-28(31(29)49-15-12-39)44-30(46)10-4-5-14-42-40;;;;/h6,8-9,18-20,22,25,27,41-42H,4-5,7,10-17,21,38-40H2,1-3H3,(H,44,46)(H2,43,45,47);1H3;1H2;2*1H. The van der Waals surface area contributed by atoms with Gasteiger partial charge in [0.15, 0.2) is 0 Å². The van der Waals surface area contributed by atoms with Gasteiger partial charge in [-0.3, -0.25) is 27.0 Å². The zero-order valence-corrected chi connectivity index (χ0v) is 31.6. The minimum absolute atomic E-state index is 0. The molecule has 1 aliphatic carbocycles. The third-order valence-corrected chi connectivity index (χ3v) is 9.47. The van der Waals surface area contributed by atoms with E-state index in [1.165, 1.54) is 23.9 Å². The van der Waals surface area contributed by atoms with E-state index in [2.05, 4.69) is 26.7 Å². The molecule has 2 aromatic carbocycles. The third kappa shape index (κ3) is 17.6. The van der Waals surface area contributed by atoms with Crippen molar-refractivity contribution >= 4 is 40.8 Å². The summed E-state index contributed by atoms with van der Waals surface area (Å²) in [5.41, 5.74) is 12.8. The molecular weight excluding hydrogens is 719 g/mol.